The maximum atomic E-state index is 10.8. The zero-order valence-electron chi connectivity index (χ0n) is 8.56. The quantitative estimate of drug-likeness (QED) is 0.855. The highest BCUT2D eigenvalue weighted by atomic mass is 32.1. The van der Waals surface area contributed by atoms with Crippen molar-refractivity contribution in [2.75, 3.05) is 13.1 Å². The average molecular weight is 225 g/mol. The van der Waals surface area contributed by atoms with Gasteiger partial charge in [-0.05, 0) is 48.3 Å². The van der Waals surface area contributed by atoms with Crippen molar-refractivity contribution in [3.8, 4) is 0 Å². The van der Waals surface area contributed by atoms with E-state index in [-0.39, 0.29) is 12.5 Å². The summed E-state index contributed by atoms with van der Waals surface area (Å²) in [5.41, 5.74) is 1.16. The molecule has 2 heterocycles. The van der Waals surface area contributed by atoms with E-state index < -0.39 is 5.97 Å². The monoisotopic (exact) mass is 225 g/mol. The second-order valence-corrected chi connectivity index (χ2v) is 4.69. The molecule has 1 aromatic heterocycles. The molecule has 0 aliphatic carbocycles. The summed E-state index contributed by atoms with van der Waals surface area (Å²) in [6, 6.07) is 2.12. The van der Waals surface area contributed by atoms with Crippen molar-refractivity contribution >= 4 is 17.3 Å². The summed E-state index contributed by atoms with van der Waals surface area (Å²) in [5.74, 6) is -0.710. The smallest absolute Gasteiger partial charge is 0.305 e. The van der Waals surface area contributed by atoms with Crippen molar-refractivity contribution in [2.45, 2.75) is 25.3 Å². The van der Waals surface area contributed by atoms with Gasteiger partial charge in [0.25, 0.3) is 0 Å². The number of carboxylic acids is 1. The molecule has 82 valence electrons. The molecule has 0 bridgehead atoms. The predicted octanol–water partition coefficient (Wildman–Crippen LogP) is 2.36. The molecule has 0 spiro atoms. The van der Waals surface area contributed by atoms with E-state index in [0.29, 0.717) is 0 Å². The molecule has 1 fully saturated rings. The summed E-state index contributed by atoms with van der Waals surface area (Å²) in [6.07, 6.45) is 2.61. The first-order valence-corrected chi connectivity index (χ1v) is 6.19. The largest absolute Gasteiger partial charge is 0.481 e. The molecule has 3 nitrogen and oxygen atoms in total. The van der Waals surface area contributed by atoms with Crippen LogP contribution in [-0.2, 0) is 4.79 Å². The molecule has 15 heavy (non-hydrogen) atoms. The van der Waals surface area contributed by atoms with Gasteiger partial charge in [0.15, 0.2) is 0 Å². The van der Waals surface area contributed by atoms with Gasteiger partial charge in [0.05, 0.1) is 6.42 Å². The van der Waals surface area contributed by atoms with Crippen LogP contribution in [0.1, 0.15) is 30.9 Å². The van der Waals surface area contributed by atoms with Gasteiger partial charge in [-0.2, -0.15) is 11.3 Å². The Morgan fingerprint density at radius 3 is 2.80 bits per heavy atom. The topological polar surface area (TPSA) is 40.5 Å². The van der Waals surface area contributed by atoms with Crippen LogP contribution in [0.3, 0.4) is 0 Å². The van der Waals surface area contributed by atoms with Crippen LogP contribution in [0.5, 0.6) is 0 Å². The number of carboxylic acid groups (broad SMARTS) is 1. The first-order valence-electron chi connectivity index (χ1n) is 5.25. The molecule has 2 rings (SSSR count). The molecule has 1 N–H and O–H groups in total. The first kappa shape index (κ1) is 10.6. The van der Waals surface area contributed by atoms with Crippen molar-refractivity contribution in [1.82, 2.24) is 4.90 Å². The van der Waals surface area contributed by atoms with Gasteiger partial charge in [0, 0.05) is 6.04 Å². The van der Waals surface area contributed by atoms with Crippen molar-refractivity contribution in [2.24, 2.45) is 0 Å². The summed E-state index contributed by atoms with van der Waals surface area (Å²) in [7, 11) is 0. The number of hydrogen-bond acceptors (Lipinski definition) is 3. The van der Waals surface area contributed by atoms with E-state index in [1.807, 2.05) is 11.4 Å². The highest BCUT2D eigenvalue weighted by Crippen LogP contribution is 2.29. The minimum atomic E-state index is -0.710. The molecule has 1 saturated heterocycles. The van der Waals surface area contributed by atoms with Crippen molar-refractivity contribution < 1.29 is 9.90 Å². The Bertz CT molecular complexity index is 317. The molecule has 1 unspecified atom stereocenters. The minimum Gasteiger partial charge on any atom is -0.481 e. The number of thiophene rings is 1. The molecule has 0 radical (unpaired) electrons. The average Bonchev–Trinajstić information content (AvgIpc) is 2.87. The third-order valence-electron chi connectivity index (χ3n) is 2.88. The van der Waals surface area contributed by atoms with Crippen LogP contribution in [0.2, 0.25) is 0 Å². The van der Waals surface area contributed by atoms with Crippen LogP contribution in [0, 0.1) is 0 Å². The van der Waals surface area contributed by atoms with Crippen LogP contribution in [0.15, 0.2) is 16.8 Å². The third kappa shape index (κ3) is 2.58. The third-order valence-corrected chi connectivity index (χ3v) is 3.58. The van der Waals surface area contributed by atoms with E-state index in [2.05, 4.69) is 10.3 Å². The molecular formula is C11H15NO2S. The molecule has 1 aromatic rings. The Kier molecular flexibility index (Phi) is 3.38. The number of aliphatic carboxylic acids is 1. The Labute approximate surface area is 93.3 Å². The highest BCUT2D eigenvalue weighted by Gasteiger charge is 2.25. The molecule has 4 heteroatoms. The van der Waals surface area contributed by atoms with Gasteiger partial charge in [0.2, 0.25) is 0 Å². The minimum absolute atomic E-state index is 0.0799. The van der Waals surface area contributed by atoms with Crippen LogP contribution >= 0.6 is 11.3 Å². The lowest BCUT2D eigenvalue weighted by molar-refractivity contribution is -0.138. The summed E-state index contributed by atoms with van der Waals surface area (Å²) in [6.45, 7) is 2.07. The van der Waals surface area contributed by atoms with Gasteiger partial charge in [-0.15, -0.1) is 0 Å². The van der Waals surface area contributed by atoms with Crippen LogP contribution < -0.4 is 0 Å². The normalized spacial score (nSPS) is 19.2. The van der Waals surface area contributed by atoms with E-state index in [1.54, 1.807) is 11.3 Å². The van der Waals surface area contributed by atoms with Crippen LogP contribution in [0.4, 0.5) is 0 Å². The van der Waals surface area contributed by atoms with Gasteiger partial charge < -0.3 is 5.11 Å². The lowest BCUT2D eigenvalue weighted by Gasteiger charge is -2.25. The lowest BCUT2D eigenvalue weighted by atomic mass is 10.1. The fourth-order valence-corrected chi connectivity index (χ4v) is 2.85. The molecule has 1 aliphatic heterocycles. The number of hydrogen-bond donors (Lipinski definition) is 1. The summed E-state index contributed by atoms with van der Waals surface area (Å²) in [4.78, 5) is 13.1. The molecule has 0 amide bonds. The molecule has 1 aliphatic rings. The van der Waals surface area contributed by atoms with E-state index in [4.69, 9.17) is 5.11 Å². The number of nitrogens with zero attached hydrogens (tertiary/aromatic N) is 1. The number of carbonyl (C=O) groups is 1. The Morgan fingerprint density at radius 2 is 2.27 bits per heavy atom. The first-order chi connectivity index (χ1) is 7.27. The van der Waals surface area contributed by atoms with E-state index >= 15 is 0 Å². The van der Waals surface area contributed by atoms with Gasteiger partial charge >= 0.3 is 5.97 Å². The summed E-state index contributed by atoms with van der Waals surface area (Å²) < 4.78 is 0. The molecule has 0 saturated carbocycles. The van der Waals surface area contributed by atoms with Gasteiger partial charge in [-0.25, -0.2) is 0 Å². The highest BCUT2D eigenvalue weighted by molar-refractivity contribution is 7.07. The zero-order valence-corrected chi connectivity index (χ0v) is 9.37. The van der Waals surface area contributed by atoms with Crippen molar-refractivity contribution in [3.05, 3.63) is 22.4 Å². The second kappa shape index (κ2) is 4.77. The number of rotatable bonds is 4. The van der Waals surface area contributed by atoms with Gasteiger partial charge in [0.1, 0.15) is 0 Å². The fourth-order valence-electron chi connectivity index (χ4n) is 2.14. The Hall–Kier alpha value is -0.870. The molecule has 1 atom stereocenters. The second-order valence-electron chi connectivity index (χ2n) is 3.91. The van der Waals surface area contributed by atoms with Crippen molar-refractivity contribution in [1.29, 1.82) is 0 Å². The van der Waals surface area contributed by atoms with E-state index in [0.717, 1.165) is 18.7 Å². The van der Waals surface area contributed by atoms with Crippen LogP contribution in [-0.4, -0.2) is 29.1 Å². The Morgan fingerprint density at radius 1 is 1.53 bits per heavy atom. The van der Waals surface area contributed by atoms with E-state index in [1.165, 1.54) is 12.8 Å². The SMILES string of the molecule is O=C(O)CC(c1ccsc1)N1CCCC1. The molecule has 0 aromatic carbocycles. The number of likely N-dealkylation sites (tertiary alicyclic amines) is 1. The Balaban J connectivity index is 2.12. The lowest BCUT2D eigenvalue weighted by Crippen LogP contribution is -2.27. The predicted molar refractivity (Wildman–Crippen MR) is 60.1 cm³/mol. The van der Waals surface area contributed by atoms with Crippen LogP contribution in [0.25, 0.3) is 0 Å². The van der Waals surface area contributed by atoms with Gasteiger partial charge in [-0.3, -0.25) is 9.69 Å². The van der Waals surface area contributed by atoms with Crippen molar-refractivity contribution in [3.63, 3.8) is 0 Å². The summed E-state index contributed by atoms with van der Waals surface area (Å²) >= 11 is 1.63. The van der Waals surface area contributed by atoms with E-state index in [9.17, 15) is 4.79 Å². The molecular weight excluding hydrogens is 210 g/mol. The maximum Gasteiger partial charge on any atom is 0.305 e. The zero-order chi connectivity index (χ0) is 10.7. The standard InChI is InChI=1S/C11H15NO2S/c13-11(14)7-10(9-3-6-15-8-9)12-4-1-2-5-12/h3,6,8,10H,1-2,4-5,7H2,(H,13,14). The maximum absolute atomic E-state index is 10.8. The van der Waals surface area contributed by atoms with Gasteiger partial charge in [-0.1, -0.05) is 0 Å². The fraction of sp³-hybridized carbons (Fsp3) is 0.545. The summed E-state index contributed by atoms with van der Waals surface area (Å²) in [5, 5.41) is 13.0.